The highest BCUT2D eigenvalue weighted by Gasteiger charge is 2.52. The Balaban J connectivity index is 2.02. The Bertz CT molecular complexity index is 1220. The molecule has 0 bridgehead atoms. The Morgan fingerprint density at radius 2 is 1.39 bits per heavy atom. The van der Waals surface area contributed by atoms with E-state index in [-0.39, 0.29) is 19.8 Å². The molecule has 1 aliphatic rings. The molecule has 0 aromatic heterocycles. The van der Waals surface area contributed by atoms with Crippen molar-refractivity contribution in [3.63, 3.8) is 0 Å². The van der Waals surface area contributed by atoms with E-state index in [0.717, 1.165) is 13.3 Å². The molecule has 0 unspecified atom stereocenters. The van der Waals surface area contributed by atoms with Crippen molar-refractivity contribution in [3.8, 4) is 5.75 Å². The molecular formula is C30H36O11. The summed E-state index contributed by atoms with van der Waals surface area (Å²) in [6, 6.07) is 12.7. The number of carbonyl (C=O) groups excluding carboxylic acids is 4. The summed E-state index contributed by atoms with van der Waals surface area (Å²) >= 11 is 0. The molecule has 2 aromatic carbocycles. The number of hydrogen-bond donors (Lipinski definition) is 1. The monoisotopic (exact) mass is 572 g/mol. The van der Waals surface area contributed by atoms with E-state index < -0.39 is 54.4 Å². The standard InChI is InChI=1S/C30H36O11/c1-6-21-7-11-25(12-8-21)37-15-24-13-22(9-10-23(24)14-31)27-29(39-19(4)34)30(40-20(5)35)28(38-18(3)33)26(41-27)16-36-17(2)32/h7-13,26-31H,6,14-16H2,1-5H3/t26-,27+,28-,29+,30+/m1/s1. The van der Waals surface area contributed by atoms with Crippen LogP contribution in [0.1, 0.15) is 63.0 Å². The molecule has 0 radical (unpaired) electrons. The maximum absolute atomic E-state index is 12.2. The highest BCUT2D eigenvalue weighted by atomic mass is 16.7. The molecule has 222 valence electrons. The number of ether oxygens (including phenoxy) is 6. The highest BCUT2D eigenvalue weighted by Crippen LogP contribution is 2.38. The first kappa shape index (κ1) is 31.6. The zero-order chi connectivity index (χ0) is 30.1. The third kappa shape index (κ3) is 8.76. The molecule has 11 heteroatoms. The quantitative estimate of drug-likeness (QED) is 0.313. The lowest BCUT2D eigenvalue weighted by atomic mass is 9.89. The van der Waals surface area contributed by atoms with Crippen LogP contribution in [0.3, 0.4) is 0 Å². The van der Waals surface area contributed by atoms with E-state index in [9.17, 15) is 24.3 Å². The Labute approximate surface area is 238 Å². The molecule has 0 saturated carbocycles. The van der Waals surface area contributed by atoms with E-state index in [1.54, 1.807) is 18.2 Å². The molecule has 41 heavy (non-hydrogen) atoms. The molecule has 0 aliphatic carbocycles. The second kappa shape index (κ2) is 14.6. The maximum atomic E-state index is 12.2. The molecular weight excluding hydrogens is 536 g/mol. The van der Waals surface area contributed by atoms with Crippen LogP contribution in [0.25, 0.3) is 0 Å². The van der Waals surface area contributed by atoms with Crippen molar-refractivity contribution in [2.24, 2.45) is 0 Å². The van der Waals surface area contributed by atoms with Gasteiger partial charge in [-0.05, 0) is 46.9 Å². The van der Waals surface area contributed by atoms with Crippen molar-refractivity contribution in [2.75, 3.05) is 6.61 Å². The van der Waals surface area contributed by atoms with Crippen LogP contribution in [0, 0.1) is 0 Å². The second-order valence-corrected chi connectivity index (χ2v) is 9.59. The van der Waals surface area contributed by atoms with Gasteiger partial charge in [0.1, 0.15) is 31.2 Å². The van der Waals surface area contributed by atoms with Gasteiger partial charge in [0.15, 0.2) is 18.3 Å². The summed E-state index contributed by atoms with van der Waals surface area (Å²) in [5.74, 6) is -2.07. The van der Waals surface area contributed by atoms with E-state index in [2.05, 4.69) is 6.92 Å². The molecule has 5 atom stereocenters. The van der Waals surface area contributed by atoms with Gasteiger partial charge in [0.25, 0.3) is 0 Å². The zero-order valence-corrected chi connectivity index (χ0v) is 23.8. The van der Waals surface area contributed by atoms with Crippen LogP contribution in [0.2, 0.25) is 0 Å². The minimum atomic E-state index is -1.28. The minimum Gasteiger partial charge on any atom is -0.489 e. The molecule has 0 amide bonds. The van der Waals surface area contributed by atoms with Crippen LogP contribution < -0.4 is 4.74 Å². The predicted octanol–water partition coefficient (Wildman–Crippen LogP) is 3.12. The van der Waals surface area contributed by atoms with Crippen molar-refractivity contribution in [3.05, 3.63) is 64.7 Å². The third-order valence-corrected chi connectivity index (χ3v) is 6.45. The van der Waals surface area contributed by atoms with Gasteiger partial charge in [-0.3, -0.25) is 19.2 Å². The molecule has 11 nitrogen and oxygen atoms in total. The van der Waals surface area contributed by atoms with Gasteiger partial charge in [0.05, 0.1) is 6.61 Å². The first-order valence-corrected chi connectivity index (χ1v) is 13.3. The number of hydrogen-bond acceptors (Lipinski definition) is 11. The fourth-order valence-corrected chi connectivity index (χ4v) is 4.59. The number of aryl methyl sites for hydroxylation is 1. The molecule has 2 aromatic rings. The largest absolute Gasteiger partial charge is 0.489 e. The van der Waals surface area contributed by atoms with Gasteiger partial charge in [-0.1, -0.05) is 31.2 Å². The summed E-state index contributed by atoms with van der Waals surface area (Å²) in [5.41, 5.74) is 2.90. The molecule has 1 saturated heterocycles. The smallest absolute Gasteiger partial charge is 0.303 e. The topological polar surface area (TPSA) is 144 Å². The Hall–Kier alpha value is -3.96. The Kier molecular flexibility index (Phi) is 11.2. The van der Waals surface area contributed by atoms with Gasteiger partial charge in [0, 0.05) is 27.7 Å². The lowest BCUT2D eigenvalue weighted by Crippen LogP contribution is -2.59. The number of benzene rings is 2. The van der Waals surface area contributed by atoms with Gasteiger partial charge in [0.2, 0.25) is 0 Å². The summed E-state index contributed by atoms with van der Waals surface area (Å²) in [6.45, 7) is 6.31. The lowest BCUT2D eigenvalue weighted by molar-refractivity contribution is -0.254. The van der Waals surface area contributed by atoms with Gasteiger partial charge >= 0.3 is 23.9 Å². The third-order valence-electron chi connectivity index (χ3n) is 6.45. The lowest BCUT2D eigenvalue weighted by Gasteiger charge is -2.44. The first-order chi connectivity index (χ1) is 19.5. The molecule has 3 rings (SSSR count). The van der Waals surface area contributed by atoms with Gasteiger partial charge in [-0.25, -0.2) is 0 Å². The zero-order valence-electron chi connectivity index (χ0n) is 23.8. The summed E-state index contributed by atoms with van der Waals surface area (Å²) in [5, 5.41) is 9.97. The van der Waals surface area contributed by atoms with Crippen LogP contribution in [0.4, 0.5) is 0 Å². The van der Waals surface area contributed by atoms with Crippen molar-refractivity contribution < 1.29 is 52.7 Å². The SMILES string of the molecule is CCc1ccc(OCc2cc([C@@H]3O[C@H](COC(C)=O)[C@@H](OC(C)=O)[C@H](OC(C)=O)[C@H]3OC(C)=O)ccc2CO)cc1. The fraction of sp³-hybridized carbons (Fsp3) is 0.467. The Morgan fingerprint density at radius 1 is 0.780 bits per heavy atom. The number of carbonyl (C=O) groups is 4. The Morgan fingerprint density at radius 3 is 1.95 bits per heavy atom. The van der Waals surface area contributed by atoms with E-state index in [1.165, 1.54) is 26.3 Å². The van der Waals surface area contributed by atoms with Crippen molar-refractivity contribution in [2.45, 2.75) is 84.8 Å². The molecule has 1 aliphatic heterocycles. The molecule has 1 N–H and O–H groups in total. The van der Waals surface area contributed by atoms with Gasteiger partial charge in [-0.2, -0.15) is 0 Å². The van der Waals surface area contributed by atoms with E-state index in [1.807, 2.05) is 24.3 Å². The average Bonchev–Trinajstić information content (AvgIpc) is 2.92. The fourth-order valence-electron chi connectivity index (χ4n) is 4.59. The van der Waals surface area contributed by atoms with Crippen LogP contribution in [-0.2, 0) is 62.5 Å². The first-order valence-electron chi connectivity index (χ1n) is 13.3. The van der Waals surface area contributed by atoms with Gasteiger partial charge < -0.3 is 33.5 Å². The molecule has 0 spiro atoms. The van der Waals surface area contributed by atoms with Crippen molar-refractivity contribution in [1.29, 1.82) is 0 Å². The normalized spacial score (nSPS) is 21.9. The van der Waals surface area contributed by atoms with E-state index in [0.29, 0.717) is 22.4 Å². The second-order valence-electron chi connectivity index (χ2n) is 9.59. The van der Waals surface area contributed by atoms with Crippen LogP contribution >= 0.6 is 0 Å². The summed E-state index contributed by atoms with van der Waals surface area (Å²) < 4.78 is 33.9. The van der Waals surface area contributed by atoms with Crippen molar-refractivity contribution in [1.82, 2.24) is 0 Å². The molecule has 1 fully saturated rings. The number of aliphatic hydroxyl groups excluding tert-OH is 1. The summed E-state index contributed by atoms with van der Waals surface area (Å²) in [4.78, 5) is 47.9. The number of rotatable bonds is 11. The van der Waals surface area contributed by atoms with Crippen LogP contribution in [0.5, 0.6) is 5.75 Å². The highest BCUT2D eigenvalue weighted by molar-refractivity contribution is 5.69. The average molecular weight is 573 g/mol. The number of esters is 4. The van der Waals surface area contributed by atoms with Gasteiger partial charge in [-0.15, -0.1) is 0 Å². The van der Waals surface area contributed by atoms with Crippen LogP contribution in [0.15, 0.2) is 42.5 Å². The summed E-state index contributed by atoms with van der Waals surface area (Å²) in [6.07, 6.45) is -4.97. The van der Waals surface area contributed by atoms with E-state index in [4.69, 9.17) is 28.4 Å². The van der Waals surface area contributed by atoms with Crippen molar-refractivity contribution >= 4 is 23.9 Å². The summed E-state index contributed by atoms with van der Waals surface area (Å²) in [7, 11) is 0. The minimum absolute atomic E-state index is 0.112. The van der Waals surface area contributed by atoms with Crippen LogP contribution in [-0.4, -0.2) is 60.0 Å². The molecule has 1 heterocycles. The number of aliphatic hydroxyl groups is 1. The van der Waals surface area contributed by atoms with E-state index >= 15 is 0 Å². The maximum Gasteiger partial charge on any atom is 0.303 e. The predicted molar refractivity (Wildman–Crippen MR) is 143 cm³/mol.